The number of nitrogens with zero attached hydrogens (tertiary/aromatic N) is 2. The molecule has 0 bridgehead atoms. The molecule has 0 aliphatic carbocycles. The van der Waals surface area contributed by atoms with Crippen molar-refractivity contribution in [1.29, 1.82) is 0 Å². The Bertz CT molecular complexity index is 519. The van der Waals surface area contributed by atoms with Crippen LogP contribution in [0.2, 0.25) is 0 Å². The van der Waals surface area contributed by atoms with Crippen LogP contribution >= 0.6 is 0 Å². The molecule has 1 heterocycles. The number of carbonyl (C=O) groups excluding carboxylic acids is 1. The van der Waals surface area contributed by atoms with Crippen LogP contribution in [-0.4, -0.2) is 29.2 Å². The molecule has 0 unspecified atom stereocenters. The number of aryl methyl sites for hydroxylation is 1. The number of fused-ring (bicyclic) bond motifs is 1. The van der Waals surface area contributed by atoms with Gasteiger partial charge in [0.05, 0.1) is 18.1 Å². The number of benzene rings is 1. The van der Waals surface area contributed by atoms with E-state index in [1.165, 1.54) is 7.11 Å². The first-order chi connectivity index (χ1) is 7.72. The number of methoxy groups -OCH3 is 1. The Morgan fingerprint density at radius 3 is 2.88 bits per heavy atom. The van der Waals surface area contributed by atoms with Gasteiger partial charge in [0.25, 0.3) is 6.01 Å². The van der Waals surface area contributed by atoms with Crippen molar-refractivity contribution < 1.29 is 14.3 Å². The highest BCUT2D eigenvalue weighted by Crippen LogP contribution is 2.18. The van der Waals surface area contributed by atoms with Gasteiger partial charge in [0.1, 0.15) is 0 Å². The second-order valence-electron chi connectivity index (χ2n) is 3.31. The first kappa shape index (κ1) is 10.5. The van der Waals surface area contributed by atoms with E-state index in [0.29, 0.717) is 6.01 Å². The average molecular weight is 220 g/mol. The number of ether oxygens (including phenoxy) is 2. The van der Waals surface area contributed by atoms with Gasteiger partial charge in [-0.3, -0.25) is 4.57 Å². The van der Waals surface area contributed by atoms with Crippen LogP contribution in [0.1, 0.15) is 0 Å². The fraction of sp³-hybridized carbons (Fsp3) is 0.273. The standard InChI is InChI=1S/C11H12N2O3/c1-13-9-6-4-3-5-8(9)12-11(13)16-7-10(14)15-2/h3-6H,7H2,1-2H3. The van der Waals surface area contributed by atoms with E-state index < -0.39 is 5.97 Å². The molecule has 0 aliphatic rings. The van der Waals surface area contributed by atoms with E-state index in [-0.39, 0.29) is 6.61 Å². The van der Waals surface area contributed by atoms with Crippen LogP contribution in [0.4, 0.5) is 0 Å². The minimum atomic E-state index is -0.424. The van der Waals surface area contributed by atoms with Crippen molar-refractivity contribution in [2.75, 3.05) is 13.7 Å². The third-order valence-electron chi connectivity index (χ3n) is 2.29. The normalized spacial score (nSPS) is 10.4. The number of para-hydroxylation sites is 2. The minimum absolute atomic E-state index is 0.131. The number of esters is 1. The molecule has 84 valence electrons. The highest BCUT2D eigenvalue weighted by atomic mass is 16.6. The zero-order valence-electron chi connectivity index (χ0n) is 9.14. The summed E-state index contributed by atoms with van der Waals surface area (Å²) in [6.45, 7) is -0.131. The molecular formula is C11H12N2O3. The van der Waals surface area contributed by atoms with Gasteiger partial charge in [-0.2, -0.15) is 4.98 Å². The minimum Gasteiger partial charge on any atom is -0.466 e. The number of hydrogen-bond donors (Lipinski definition) is 0. The van der Waals surface area contributed by atoms with E-state index in [9.17, 15) is 4.79 Å². The molecule has 2 rings (SSSR count). The highest BCUT2D eigenvalue weighted by molar-refractivity contribution is 5.76. The van der Waals surface area contributed by atoms with Crippen molar-refractivity contribution in [3.05, 3.63) is 24.3 Å². The second kappa shape index (κ2) is 4.22. The monoisotopic (exact) mass is 220 g/mol. The fourth-order valence-electron chi connectivity index (χ4n) is 1.43. The summed E-state index contributed by atoms with van der Waals surface area (Å²) in [6, 6.07) is 8.06. The molecule has 0 atom stereocenters. The number of rotatable bonds is 3. The molecule has 1 aromatic heterocycles. The van der Waals surface area contributed by atoms with Crippen molar-refractivity contribution in [3.8, 4) is 6.01 Å². The molecule has 0 radical (unpaired) electrons. The molecule has 16 heavy (non-hydrogen) atoms. The van der Waals surface area contributed by atoms with Gasteiger partial charge in [0, 0.05) is 7.05 Å². The summed E-state index contributed by atoms with van der Waals surface area (Å²) in [6.07, 6.45) is 0. The van der Waals surface area contributed by atoms with Crippen molar-refractivity contribution in [2.24, 2.45) is 7.05 Å². The Balaban J connectivity index is 2.24. The molecule has 0 N–H and O–H groups in total. The van der Waals surface area contributed by atoms with Gasteiger partial charge in [-0.1, -0.05) is 12.1 Å². The third-order valence-corrected chi connectivity index (χ3v) is 2.29. The summed E-state index contributed by atoms with van der Waals surface area (Å²) < 4.78 is 11.5. The summed E-state index contributed by atoms with van der Waals surface area (Å²) in [4.78, 5) is 15.2. The molecule has 2 aromatic rings. The molecule has 1 aromatic carbocycles. The van der Waals surface area contributed by atoms with Gasteiger partial charge in [-0.05, 0) is 12.1 Å². The number of aromatic nitrogens is 2. The third kappa shape index (κ3) is 1.84. The first-order valence-electron chi connectivity index (χ1n) is 4.83. The zero-order chi connectivity index (χ0) is 11.5. The molecule has 0 fully saturated rings. The van der Waals surface area contributed by atoms with Crippen LogP contribution < -0.4 is 4.74 Å². The lowest BCUT2D eigenvalue weighted by atomic mass is 10.3. The van der Waals surface area contributed by atoms with Crippen LogP contribution in [-0.2, 0) is 16.6 Å². The number of carbonyl (C=O) groups is 1. The summed E-state index contributed by atoms with van der Waals surface area (Å²) in [7, 11) is 3.16. The molecule has 5 nitrogen and oxygen atoms in total. The second-order valence-corrected chi connectivity index (χ2v) is 3.31. The van der Waals surface area contributed by atoms with Crippen molar-refractivity contribution in [3.63, 3.8) is 0 Å². The number of hydrogen-bond acceptors (Lipinski definition) is 4. The van der Waals surface area contributed by atoms with E-state index in [1.807, 2.05) is 31.3 Å². The zero-order valence-corrected chi connectivity index (χ0v) is 9.14. The Kier molecular flexibility index (Phi) is 2.76. The maximum Gasteiger partial charge on any atom is 0.344 e. The molecule has 0 saturated heterocycles. The van der Waals surface area contributed by atoms with Crippen LogP contribution in [0.5, 0.6) is 6.01 Å². The molecule has 0 aliphatic heterocycles. The van der Waals surface area contributed by atoms with Crippen molar-refractivity contribution in [2.45, 2.75) is 0 Å². The van der Waals surface area contributed by atoms with Crippen LogP contribution in [0, 0.1) is 0 Å². The lowest BCUT2D eigenvalue weighted by Crippen LogP contribution is -2.14. The Hall–Kier alpha value is -2.04. The molecule has 0 amide bonds. The SMILES string of the molecule is COC(=O)COc1nc2ccccc2n1C. The fourth-order valence-corrected chi connectivity index (χ4v) is 1.43. The van der Waals surface area contributed by atoms with Gasteiger partial charge in [-0.15, -0.1) is 0 Å². The topological polar surface area (TPSA) is 53.4 Å². The molecule has 0 spiro atoms. The largest absolute Gasteiger partial charge is 0.466 e. The Morgan fingerprint density at radius 2 is 2.19 bits per heavy atom. The molecular weight excluding hydrogens is 208 g/mol. The van der Waals surface area contributed by atoms with Crippen molar-refractivity contribution >= 4 is 17.0 Å². The number of imidazole rings is 1. The van der Waals surface area contributed by atoms with Crippen molar-refractivity contribution in [1.82, 2.24) is 9.55 Å². The van der Waals surface area contributed by atoms with Crippen LogP contribution in [0.3, 0.4) is 0 Å². The van der Waals surface area contributed by atoms with Gasteiger partial charge < -0.3 is 9.47 Å². The van der Waals surface area contributed by atoms with E-state index in [1.54, 1.807) is 4.57 Å². The summed E-state index contributed by atoms with van der Waals surface area (Å²) in [5.41, 5.74) is 1.80. The van der Waals surface area contributed by atoms with Gasteiger partial charge in [0.15, 0.2) is 6.61 Å². The lowest BCUT2D eigenvalue weighted by molar-refractivity contribution is -0.143. The van der Waals surface area contributed by atoms with Crippen LogP contribution in [0.25, 0.3) is 11.0 Å². The average Bonchev–Trinajstić information content (AvgIpc) is 2.64. The Morgan fingerprint density at radius 1 is 1.44 bits per heavy atom. The summed E-state index contributed by atoms with van der Waals surface area (Å²) in [5, 5.41) is 0. The Labute approximate surface area is 92.6 Å². The first-order valence-corrected chi connectivity index (χ1v) is 4.83. The van der Waals surface area contributed by atoms with Crippen LogP contribution in [0.15, 0.2) is 24.3 Å². The van der Waals surface area contributed by atoms with Gasteiger partial charge >= 0.3 is 5.97 Å². The predicted octanol–water partition coefficient (Wildman–Crippen LogP) is 1.13. The van der Waals surface area contributed by atoms with Gasteiger partial charge in [0.2, 0.25) is 0 Å². The highest BCUT2D eigenvalue weighted by Gasteiger charge is 2.09. The maximum absolute atomic E-state index is 10.9. The smallest absolute Gasteiger partial charge is 0.344 e. The molecule has 0 saturated carbocycles. The molecule has 5 heteroatoms. The van der Waals surface area contributed by atoms with E-state index in [2.05, 4.69) is 9.72 Å². The van der Waals surface area contributed by atoms with E-state index in [0.717, 1.165) is 11.0 Å². The summed E-state index contributed by atoms with van der Waals surface area (Å²) >= 11 is 0. The van der Waals surface area contributed by atoms with Gasteiger partial charge in [-0.25, -0.2) is 4.79 Å². The maximum atomic E-state index is 10.9. The lowest BCUT2D eigenvalue weighted by Gasteiger charge is -2.03. The van der Waals surface area contributed by atoms with E-state index in [4.69, 9.17) is 4.74 Å². The quantitative estimate of drug-likeness (QED) is 0.727. The van der Waals surface area contributed by atoms with E-state index >= 15 is 0 Å². The predicted molar refractivity (Wildman–Crippen MR) is 58.2 cm³/mol. The summed E-state index contributed by atoms with van der Waals surface area (Å²) in [5.74, 6) is -0.424.